The molecule has 6 nitrogen and oxygen atoms in total. The van der Waals surface area contributed by atoms with Crippen LogP contribution in [0.2, 0.25) is 0 Å². The van der Waals surface area contributed by atoms with Crippen LogP contribution in [0.15, 0.2) is 15.6 Å². The van der Waals surface area contributed by atoms with Crippen LogP contribution in [-0.2, 0) is 9.59 Å². The molecular formula is C13H16N2O4. The number of nitrogens with zero attached hydrogens (tertiary/aromatic N) is 2. The number of carboxylic acids is 1. The summed E-state index contributed by atoms with van der Waals surface area (Å²) in [6, 6.07) is 1.98. The maximum Gasteiger partial charge on any atom is 0.325 e. The Morgan fingerprint density at radius 2 is 2.32 bits per heavy atom. The molecule has 1 heterocycles. The minimum Gasteiger partial charge on any atom is -0.480 e. The van der Waals surface area contributed by atoms with Gasteiger partial charge in [0, 0.05) is 5.92 Å². The second-order valence-corrected chi connectivity index (χ2v) is 4.72. The predicted octanol–water partition coefficient (Wildman–Crippen LogP) is 1.73. The summed E-state index contributed by atoms with van der Waals surface area (Å²) in [7, 11) is 0. The molecule has 19 heavy (non-hydrogen) atoms. The fraction of sp³-hybridized carbons (Fsp3) is 0.462. The van der Waals surface area contributed by atoms with E-state index in [0.717, 1.165) is 29.2 Å². The number of hydrazone groups is 1. The Kier molecular flexibility index (Phi) is 3.69. The van der Waals surface area contributed by atoms with Crippen LogP contribution in [0.1, 0.15) is 42.8 Å². The highest BCUT2D eigenvalue weighted by atomic mass is 16.4. The Bertz CT molecular complexity index is 529. The quantitative estimate of drug-likeness (QED) is 0.482. The van der Waals surface area contributed by atoms with Crippen molar-refractivity contribution in [3.05, 3.63) is 23.2 Å². The molecule has 0 aliphatic heterocycles. The number of furan rings is 1. The van der Waals surface area contributed by atoms with Gasteiger partial charge in [0.05, 0.1) is 0 Å². The lowest BCUT2D eigenvalue weighted by Crippen LogP contribution is -2.24. The van der Waals surface area contributed by atoms with Gasteiger partial charge >= 0.3 is 5.97 Å². The van der Waals surface area contributed by atoms with Crippen LogP contribution in [0.5, 0.6) is 0 Å². The van der Waals surface area contributed by atoms with Gasteiger partial charge in [-0.1, -0.05) is 0 Å². The Morgan fingerprint density at radius 3 is 2.84 bits per heavy atom. The zero-order valence-electron chi connectivity index (χ0n) is 10.9. The smallest absolute Gasteiger partial charge is 0.325 e. The van der Waals surface area contributed by atoms with E-state index < -0.39 is 12.5 Å². The monoisotopic (exact) mass is 264 g/mol. The van der Waals surface area contributed by atoms with Crippen molar-refractivity contribution in [3.63, 3.8) is 0 Å². The summed E-state index contributed by atoms with van der Waals surface area (Å²) in [6.45, 7) is 3.14. The zero-order valence-corrected chi connectivity index (χ0v) is 10.9. The van der Waals surface area contributed by atoms with Gasteiger partial charge in [-0.2, -0.15) is 5.10 Å². The Balaban J connectivity index is 2.19. The molecule has 1 amide bonds. The van der Waals surface area contributed by atoms with Crippen molar-refractivity contribution in [1.82, 2.24) is 5.01 Å². The van der Waals surface area contributed by atoms with Gasteiger partial charge in [-0.3, -0.25) is 9.59 Å². The lowest BCUT2D eigenvalue weighted by molar-refractivity contribution is -0.140. The summed E-state index contributed by atoms with van der Waals surface area (Å²) in [5.74, 6) is 0.942. The van der Waals surface area contributed by atoms with Crippen LogP contribution in [0.4, 0.5) is 0 Å². The van der Waals surface area contributed by atoms with Gasteiger partial charge in [-0.05, 0) is 38.3 Å². The van der Waals surface area contributed by atoms with Gasteiger partial charge in [0.2, 0.25) is 6.41 Å². The van der Waals surface area contributed by atoms with Crippen molar-refractivity contribution >= 4 is 18.1 Å². The lowest BCUT2D eigenvalue weighted by Gasteiger charge is -2.09. The first-order valence-corrected chi connectivity index (χ1v) is 6.11. The maximum atomic E-state index is 10.7. The molecule has 102 valence electrons. The summed E-state index contributed by atoms with van der Waals surface area (Å²) in [5, 5.41) is 13.5. The molecule has 0 atom stereocenters. The summed E-state index contributed by atoms with van der Waals surface area (Å²) in [5.41, 5.74) is 1.45. The van der Waals surface area contributed by atoms with E-state index in [1.54, 1.807) is 6.92 Å². The van der Waals surface area contributed by atoms with Crippen molar-refractivity contribution in [3.8, 4) is 0 Å². The van der Waals surface area contributed by atoms with Gasteiger partial charge in [0.15, 0.2) is 5.76 Å². The van der Waals surface area contributed by atoms with E-state index in [9.17, 15) is 9.59 Å². The van der Waals surface area contributed by atoms with E-state index in [2.05, 4.69) is 5.10 Å². The summed E-state index contributed by atoms with van der Waals surface area (Å²) in [6.07, 6.45) is 2.67. The first kappa shape index (κ1) is 13.3. The van der Waals surface area contributed by atoms with Crippen molar-refractivity contribution in [2.24, 2.45) is 5.10 Å². The largest absolute Gasteiger partial charge is 0.480 e. The number of rotatable bonds is 6. The third-order valence-electron chi connectivity index (χ3n) is 2.94. The van der Waals surface area contributed by atoms with Crippen molar-refractivity contribution in [2.45, 2.75) is 32.6 Å². The summed E-state index contributed by atoms with van der Waals surface area (Å²) >= 11 is 0. The average molecular weight is 264 g/mol. The van der Waals surface area contributed by atoms with Gasteiger partial charge in [-0.15, -0.1) is 0 Å². The van der Waals surface area contributed by atoms with Gasteiger partial charge in [-0.25, -0.2) is 5.01 Å². The molecule has 0 unspecified atom stereocenters. The predicted molar refractivity (Wildman–Crippen MR) is 68.0 cm³/mol. The third kappa shape index (κ3) is 3.21. The molecular weight excluding hydrogens is 248 g/mol. The topological polar surface area (TPSA) is 83.1 Å². The van der Waals surface area contributed by atoms with Gasteiger partial charge in [0.1, 0.15) is 18.0 Å². The second kappa shape index (κ2) is 5.26. The average Bonchev–Trinajstić information content (AvgIpc) is 3.11. The lowest BCUT2D eigenvalue weighted by atomic mass is 10.2. The van der Waals surface area contributed by atoms with Crippen molar-refractivity contribution in [1.29, 1.82) is 0 Å². The maximum absolute atomic E-state index is 10.7. The zero-order chi connectivity index (χ0) is 14.0. The molecule has 1 saturated carbocycles. The van der Waals surface area contributed by atoms with Crippen molar-refractivity contribution < 1.29 is 19.1 Å². The highest BCUT2D eigenvalue weighted by Gasteiger charge is 2.28. The molecule has 6 heteroatoms. The standard InChI is InChI=1S/C13H16N2O4/c1-8-5-11(10-3-4-10)19-13(8)9(2)14-15(7-16)6-12(17)18/h5,7,10H,3-4,6H2,1-2H3,(H,17,18)/b14-9-. The molecule has 0 saturated heterocycles. The SMILES string of the molecule is C/C(=N/N(C=O)CC(=O)O)c1oc(C2CC2)cc1C. The van der Waals surface area contributed by atoms with Crippen LogP contribution >= 0.6 is 0 Å². The van der Waals surface area contributed by atoms with Crippen LogP contribution in [-0.4, -0.2) is 34.8 Å². The minimum atomic E-state index is -1.11. The van der Waals surface area contributed by atoms with Crippen LogP contribution in [0.25, 0.3) is 0 Å². The molecule has 0 spiro atoms. The fourth-order valence-corrected chi connectivity index (χ4v) is 1.91. The Morgan fingerprint density at radius 1 is 1.63 bits per heavy atom. The molecule has 1 fully saturated rings. The highest BCUT2D eigenvalue weighted by Crippen LogP contribution is 2.41. The molecule has 1 N–H and O–H groups in total. The molecule has 1 aromatic heterocycles. The van der Waals surface area contributed by atoms with E-state index in [1.165, 1.54) is 0 Å². The number of amides is 1. The number of hydrogen-bond donors (Lipinski definition) is 1. The highest BCUT2D eigenvalue weighted by molar-refractivity contribution is 5.97. The first-order chi connectivity index (χ1) is 9.01. The molecule has 0 bridgehead atoms. The molecule has 0 radical (unpaired) electrons. The minimum absolute atomic E-state index is 0.387. The number of carbonyl (C=O) groups excluding carboxylic acids is 1. The molecule has 1 aliphatic carbocycles. The Labute approximate surface area is 110 Å². The van der Waals surface area contributed by atoms with E-state index in [-0.39, 0.29) is 0 Å². The normalized spacial score (nSPS) is 15.4. The van der Waals surface area contributed by atoms with E-state index in [4.69, 9.17) is 9.52 Å². The van der Waals surface area contributed by atoms with E-state index in [1.807, 2.05) is 13.0 Å². The van der Waals surface area contributed by atoms with Crippen LogP contribution < -0.4 is 0 Å². The van der Waals surface area contributed by atoms with Crippen molar-refractivity contribution in [2.75, 3.05) is 6.54 Å². The number of carbonyl (C=O) groups is 2. The van der Waals surface area contributed by atoms with Gasteiger partial charge in [0.25, 0.3) is 0 Å². The Hall–Kier alpha value is -2.11. The number of hydrogen-bond acceptors (Lipinski definition) is 4. The molecule has 1 aliphatic rings. The molecule has 2 rings (SSSR count). The summed E-state index contributed by atoms with van der Waals surface area (Å²) < 4.78 is 5.73. The summed E-state index contributed by atoms with van der Waals surface area (Å²) in [4.78, 5) is 21.3. The van der Waals surface area contributed by atoms with Crippen LogP contribution in [0, 0.1) is 6.92 Å². The number of carboxylic acid groups (broad SMARTS) is 1. The third-order valence-corrected chi connectivity index (χ3v) is 2.94. The first-order valence-electron chi connectivity index (χ1n) is 6.11. The number of aliphatic carboxylic acids is 1. The van der Waals surface area contributed by atoms with Crippen LogP contribution in [0.3, 0.4) is 0 Å². The van der Waals surface area contributed by atoms with E-state index >= 15 is 0 Å². The fourth-order valence-electron chi connectivity index (χ4n) is 1.91. The second-order valence-electron chi connectivity index (χ2n) is 4.72. The number of aryl methyl sites for hydroxylation is 1. The van der Waals surface area contributed by atoms with Gasteiger partial charge < -0.3 is 9.52 Å². The van der Waals surface area contributed by atoms with E-state index in [0.29, 0.717) is 23.8 Å². The molecule has 0 aromatic carbocycles. The molecule has 1 aromatic rings.